The van der Waals surface area contributed by atoms with E-state index in [4.69, 9.17) is 5.11 Å². The van der Waals surface area contributed by atoms with Gasteiger partial charge in [-0.05, 0) is 19.9 Å². The van der Waals surface area contributed by atoms with Crippen molar-refractivity contribution in [3.05, 3.63) is 35.6 Å². The quantitative estimate of drug-likeness (QED) is 0.858. The lowest BCUT2D eigenvalue weighted by Crippen LogP contribution is -2.43. The summed E-state index contributed by atoms with van der Waals surface area (Å²) in [4.78, 5) is 23.6. The molecule has 0 saturated carbocycles. The van der Waals surface area contributed by atoms with Crippen LogP contribution in [0.3, 0.4) is 0 Å². The number of aliphatic carboxylic acids is 1. The summed E-state index contributed by atoms with van der Waals surface area (Å²) in [5.41, 5.74) is 0.363. The van der Waals surface area contributed by atoms with Gasteiger partial charge in [-0.3, -0.25) is 4.79 Å². The van der Waals surface area contributed by atoms with E-state index in [9.17, 15) is 14.0 Å². The molecule has 104 valence electrons. The molecular weight excluding hydrogens is 251 g/mol. The molecule has 6 heteroatoms. The molecule has 2 N–H and O–H groups in total. The molecular formula is C13H17FN2O3. The smallest absolute Gasteiger partial charge is 0.323 e. The fourth-order valence-electron chi connectivity index (χ4n) is 1.67. The number of hydrogen-bond donors (Lipinski definition) is 2. The second-order valence-corrected chi connectivity index (χ2v) is 4.10. The van der Waals surface area contributed by atoms with Gasteiger partial charge in [0.1, 0.15) is 12.4 Å². The van der Waals surface area contributed by atoms with Crippen LogP contribution in [-0.4, -0.2) is 35.1 Å². The Morgan fingerprint density at radius 1 is 1.42 bits per heavy atom. The summed E-state index contributed by atoms with van der Waals surface area (Å²) in [5.74, 6) is -1.49. The second-order valence-electron chi connectivity index (χ2n) is 4.10. The van der Waals surface area contributed by atoms with Crippen molar-refractivity contribution in [2.75, 3.05) is 13.1 Å². The average molecular weight is 268 g/mol. The van der Waals surface area contributed by atoms with Crippen molar-refractivity contribution >= 4 is 12.0 Å². The summed E-state index contributed by atoms with van der Waals surface area (Å²) in [7, 11) is 0. The monoisotopic (exact) mass is 268 g/mol. The van der Waals surface area contributed by atoms with Crippen molar-refractivity contribution in [1.82, 2.24) is 10.2 Å². The molecule has 1 unspecified atom stereocenters. The molecule has 1 aromatic carbocycles. The van der Waals surface area contributed by atoms with E-state index in [0.29, 0.717) is 5.56 Å². The lowest BCUT2D eigenvalue weighted by atomic mass is 10.1. The Morgan fingerprint density at radius 3 is 2.58 bits per heavy atom. The van der Waals surface area contributed by atoms with E-state index >= 15 is 0 Å². The van der Waals surface area contributed by atoms with Gasteiger partial charge in [0.2, 0.25) is 0 Å². The molecule has 0 aliphatic carbocycles. The van der Waals surface area contributed by atoms with E-state index in [1.165, 1.54) is 6.07 Å². The van der Waals surface area contributed by atoms with Crippen LogP contribution in [0.5, 0.6) is 0 Å². The fourth-order valence-corrected chi connectivity index (χ4v) is 1.67. The normalized spacial score (nSPS) is 11.7. The molecule has 0 radical (unpaired) electrons. The Hall–Kier alpha value is -2.11. The highest BCUT2D eigenvalue weighted by atomic mass is 19.1. The lowest BCUT2D eigenvalue weighted by Gasteiger charge is -2.22. The number of benzene rings is 1. The van der Waals surface area contributed by atoms with Gasteiger partial charge in [0.05, 0.1) is 6.04 Å². The maximum atomic E-state index is 13.5. The number of carboxylic acid groups (broad SMARTS) is 1. The highest BCUT2D eigenvalue weighted by Gasteiger charge is 2.18. The number of carboxylic acids is 1. The van der Waals surface area contributed by atoms with Gasteiger partial charge in [0, 0.05) is 12.1 Å². The van der Waals surface area contributed by atoms with Crippen LogP contribution in [0.15, 0.2) is 24.3 Å². The van der Waals surface area contributed by atoms with Crippen molar-refractivity contribution in [2.45, 2.75) is 19.9 Å². The van der Waals surface area contributed by atoms with Crippen LogP contribution in [0.2, 0.25) is 0 Å². The van der Waals surface area contributed by atoms with Gasteiger partial charge in [0.15, 0.2) is 0 Å². The molecule has 0 aromatic heterocycles. The van der Waals surface area contributed by atoms with Gasteiger partial charge in [0.25, 0.3) is 0 Å². The van der Waals surface area contributed by atoms with Crippen LogP contribution in [0.25, 0.3) is 0 Å². The molecule has 0 aliphatic rings. The highest BCUT2D eigenvalue weighted by molar-refractivity contribution is 5.80. The van der Waals surface area contributed by atoms with Crippen molar-refractivity contribution in [3.63, 3.8) is 0 Å². The molecule has 0 bridgehead atoms. The Bertz CT molecular complexity index is 465. The zero-order chi connectivity index (χ0) is 14.4. The number of nitrogens with zero attached hydrogens (tertiary/aromatic N) is 1. The Balaban J connectivity index is 2.70. The van der Waals surface area contributed by atoms with Gasteiger partial charge in [-0.25, -0.2) is 9.18 Å². The minimum absolute atomic E-state index is 0.266. The van der Waals surface area contributed by atoms with Crippen molar-refractivity contribution in [1.29, 1.82) is 0 Å². The molecule has 0 heterocycles. The predicted molar refractivity (Wildman–Crippen MR) is 68.2 cm³/mol. The first-order chi connectivity index (χ1) is 8.95. The zero-order valence-electron chi connectivity index (χ0n) is 10.9. The molecule has 0 fully saturated rings. The average Bonchev–Trinajstić information content (AvgIpc) is 2.35. The van der Waals surface area contributed by atoms with Crippen LogP contribution in [0.4, 0.5) is 9.18 Å². The third kappa shape index (κ3) is 4.24. The maximum Gasteiger partial charge on any atom is 0.323 e. The molecule has 0 saturated heterocycles. The number of nitrogens with one attached hydrogen (secondary N) is 1. The van der Waals surface area contributed by atoms with Gasteiger partial charge in [-0.1, -0.05) is 18.2 Å². The van der Waals surface area contributed by atoms with Crippen LogP contribution in [0.1, 0.15) is 25.5 Å². The number of hydrogen-bond acceptors (Lipinski definition) is 2. The number of urea groups is 1. The largest absolute Gasteiger partial charge is 0.480 e. The van der Waals surface area contributed by atoms with E-state index < -0.39 is 23.9 Å². The third-order valence-electron chi connectivity index (χ3n) is 2.71. The first kappa shape index (κ1) is 14.9. The topological polar surface area (TPSA) is 69.6 Å². The molecule has 5 nitrogen and oxygen atoms in total. The standard InChI is InChI=1S/C13H17FN2O3/c1-3-16(8-12(17)18)13(19)15-9(2)10-6-4-5-7-11(10)14/h4-7,9H,3,8H2,1-2H3,(H,15,19)(H,17,18). The van der Waals surface area contributed by atoms with Gasteiger partial charge >= 0.3 is 12.0 Å². The minimum atomic E-state index is -1.09. The molecule has 1 rings (SSSR count). The van der Waals surface area contributed by atoms with Crippen molar-refractivity contribution < 1.29 is 19.1 Å². The number of carbonyl (C=O) groups is 2. The Morgan fingerprint density at radius 2 is 2.05 bits per heavy atom. The van der Waals surface area contributed by atoms with Crippen LogP contribution < -0.4 is 5.32 Å². The van der Waals surface area contributed by atoms with E-state index in [-0.39, 0.29) is 13.1 Å². The molecule has 1 aromatic rings. The summed E-state index contributed by atoms with van der Waals surface area (Å²) in [6, 6.07) is 5.07. The van der Waals surface area contributed by atoms with Crippen LogP contribution in [-0.2, 0) is 4.79 Å². The summed E-state index contributed by atoms with van der Waals surface area (Å²) < 4.78 is 13.5. The van der Waals surface area contributed by atoms with E-state index in [1.54, 1.807) is 32.0 Å². The summed E-state index contributed by atoms with van der Waals surface area (Å²) >= 11 is 0. The SMILES string of the molecule is CCN(CC(=O)O)C(=O)NC(C)c1ccccc1F. The van der Waals surface area contributed by atoms with Crippen molar-refractivity contribution in [3.8, 4) is 0 Å². The number of likely N-dealkylation sites (N-methyl/N-ethyl adjacent to an activating group) is 1. The highest BCUT2D eigenvalue weighted by Crippen LogP contribution is 2.16. The van der Waals surface area contributed by atoms with E-state index in [2.05, 4.69) is 5.32 Å². The maximum absolute atomic E-state index is 13.5. The lowest BCUT2D eigenvalue weighted by molar-refractivity contribution is -0.137. The Kier molecular flexibility index (Phi) is 5.29. The fraction of sp³-hybridized carbons (Fsp3) is 0.385. The van der Waals surface area contributed by atoms with Crippen molar-refractivity contribution in [2.24, 2.45) is 0 Å². The molecule has 19 heavy (non-hydrogen) atoms. The molecule has 1 atom stereocenters. The first-order valence-electron chi connectivity index (χ1n) is 5.97. The molecule has 0 aliphatic heterocycles. The number of rotatable bonds is 5. The summed E-state index contributed by atoms with van der Waals surface area (Å²) in [6.07, 6.45) is 0. The van der Waals surface area contributed by atoms with Crippen LogP contribution >= 0.6 is 0 Å². The summed E-state index contributed by atoms with van der Waals surface area (Å²) in [5, 5.41) is 11.3. The van der Waals surface area contributed by atoms with E-state index in [1.807, 2.05) is 0 Å². The van der Waals surface area contributed by atoms with Gasteiger partial charge in [-0.15, -0.1) is 0 Å². The summed E-state index contributed by atoms with van der Waals surface area (Å²) in [6.45, 7) is 3.20. The minimum Gasteiger partial charge on any atom is -0.480 e. The van der Waals surface area contributed by atoms with Gasteiger partial charge in [-0.2, -0.15) is 0 Å². The Labute approximate surface area is 111 Å². The van der Waals surface area contributed by atoms with E-state index in [0.717, 1.165) is 4.90 Å². The number of halogens is 1. The first-order valence-corrected chi connectivity index (χ1v) is 5.97. The predicted octanol–water partition coefficient (Wildman–Crippen LogP) is 2.00. The second kappa shape index (κ2) is 6.72. The number of amides is 2. The third-order valence-corrected chi connectivity index (χ3v) is 2.71. The number of carbonyl (C=O) groups excluding carboxylic acids is 1. The molecule has 2 amide bonds. The zero-order valence-corrected chi connectivity index (χ0v) is 10.9. The van der Waals surface area contributed by atoms with Crippen LogP contribution in [0, 0.1) is 5.82 Å². The molecule has 0 spiro atoms. The van der Waals surface area contributed by atoms with Gasteiger partial charge < -0.3 is 15.3 Å².